The Morgan fingerprint density at radius 2 is 1.88 bits per heavy atom. The van der Waals surface area contributed by atoms with Crippen molar-refractivity contribution in [2.75, 3.05) is 24.5 Å². The lowest BCUT2D eigenvalue weighted by Gasteiger charge is -2.20. The third-order valence-electron chi connectivity index (χ3n) is 5.82. The van der Waals surface area contributed by atoms with Gasteiger partial charge in [-0.3, -0.25) is 4.79 Å². The van der Waals surface area contributed by atoms with Gasteiger partial charge in [-0.25, -0.2) is 13.4 Å². The van der Waals surface area contributed by atoms with E-state index in [0.717, 1.165) is 23.0 Å². The molecule has 0 aliphatic carbocycles. The molecular formula is C22H22F3N3O3S2. The van der Waals surface area contributed by atoms with Crippen LogP contribution in [-0.4, -0.2) is 43.2 Å². The number of alkyl halides is 3. The Hall–Kier alpha value is -2.50. The van der Waals surface area contributed by atoms with Crippen LogP contribution in [0.25, 0.3) is 10.2 Å². The highest BCUT2D eigenvalue weighted by molar-refractivity contribution is 7.89. The fourth-order valence-corrected chi connectivity index (χ4v) is 6.68. The minimum absolute atomic E-state index is 0.158. The van der Waals surface area contributed by atoms with E-state index >= 15 is 0 Å². The van der Waals surface area contributed by atoms with E-state index in [1.807, 2.05) is 0 Å². The summed E-state index contributed by atoms with van der Waals surface area (Å²) in [5, 5.41) is 0.511. The van der Waals surface area contributed by atoms with E-state index in [1.54, 1.807) is 37.8 Å². The number of thiophene rings is 1. The highest BCUT2D eigenvalue weighted by Crippen LogP contribution is 2.37. The van der Waals surface area contributed by atoms with Gasteiger partial charge < -0.3 is 4.90 Å². The number of aromatic nitrogens is 1. The number of fused-ring (bicyclic) bond motifs is 2. The van der Waals surface area contributed by atoms with Crippen molar-refractivity contribution in [3.63, 3.8) is 0 Å². The molecule has 0 saturated heterocycles. The summed E-state index contributed by atoms with van der Waals surface area (Å²) in [6, 6.07) is 6.98. The van der Waals surface area contributed by atoms with Crippen molar-refractivity contribution in [1.29, 1.82) is 0 Å². The Labute approximate surface area is 193 Å². The number of benzene rings is 1. The van der Waals surface area contributed by atoms with Crippen LogP contribution in [0.1, 0.15) is 40.3 Å². The van der Waals surface area contributed by atoms with E-state index in [1.165, 1.54) is 16.4 Å². The second-order valence-corrected chi connectivity index (χ2v) is 10.6. The van der Waals surface area contributed by atoms with Gasteiger partial charge in [0.25, 0.3) is 5.91 Å². The van der Waals surface area contributed by atoms with Crippen molar-refractivity contribution in [1.82, 2.24) is 9.29 Å². The highest BCUT2D eigenvalue weighted by atomic mass is 32.2. The van der Waals surface area contributed by atoms with Gasteiger partial charge in [0.15, 0.2) is 0 Å². The van der Waals surface area contributed by atoms with Crippen LogP contribution < -0.4 is 4.90 Å². The van der Waals surface area contributed by atoms with Gasteiger partial charge in [-0.05, 0) is 54.8 Å². The fourth-order valence-electron chi connectivity index (χ4n) is 4.05. The van der Waals surface area contributed by atoms with Crippen molar-refractivity contribution in [2.24, 2.45) is 0 Å². The van der Waals surface area contributed by atoms with Crippen LogP contribution in [-0.2, 0) is 22.6 Å². The summed E-state index contributed by atoms with van der Waals surface area (Å²) in [5.41, 5.74) is 0.936. The number of anilines is 1. The SMILES string of the molecule is CCN(CC)S(=O)(=O)c1ccc2c(c1)CCN2C(=O)c1sc2nc(C(F)(F)F)ccc2c1C. The summed E-state index contributed by atoms with van der Waals surface area (Å²) in [6.45, 7) is 6.31. The first kappa shape index (κ1) is 23.7. The number of halogens is 3. The van der Waals surface area contributed by atoms with Crippen LogP contribution in [0.4, 0.5) is 18.9 Å². The maximum Gasteiger partial charge on any atom is 0.433 e. The summed E-state index contributed by atoms with van der Waals surface area (Å²) < 4.78 is 66.1. The molecule has 0 bridgehead atoms. The molecule has 33 heavy (non-hydrogen) atoms. The maximum absolute atomic E-state index is 13.3. The predicted octanol–water partition coefficient (Wildman–Crippen LogP) is 4.86. The zero-order chi connectivity index (χ0) is 24.1. The average Bonchev–Trinajstić information content (AvgIpc) is 3.34. The standard InChI is InChI=1S/C22H22F3N3O3S2/c1-4-27(5-2)33(30,31)15-6-8-17-14(12-15)10-11-28(17)21(29)19-13(3)16-7-9-18(22(23,24)25)26-20(16)32-19/h6-9,12H,4-5,10-11H2,1-3H3. The summed E-state index contributed by atoms with van der Waals surface area (Å²) in [4.78, 5) is 19.2. The quantitative estimate of drug-likeness (QED) is 0.505. The van der Waals surface area contributed by atoms with E-state index in [9.17, 15) is 26.4 Å². The molecule has 2 aromatic heterocycles. The topological polar surface area (TPSA) is 70.6 Å². The number of nitrogens with zero attached hydrogens (tertiary/aromatic N) is 3. The molecule has 3 heterocycles. The van der Waals surface area contributed by atoms with Crippen molar-refractivity contribution in [2.45, 2.75) is 38.3 Å². The van der Waals surface area contributed by atoms with Gasteiger partial charge in [-0.2, -0.15) is 17.5 Å². The fraction of sp³-hybridized carbons (Fsp3) is 0.364. The van der Waals surface area contributed by atoms with E-state index in [4.69, 9.17) is 0 Å². The molecule has 1 aromatic carbocycles. The molecule has 0 radical (unpaired) electrons. The van der Waals surface area contributed by atoms with Crippen molar-refractivity contribution in [3.05, 3.63) is 52.0 Å². The number of carbonyl (C=O) groups excluding carboxylic acids is 1. The monoisotopic (exact) mass is 497 g/mol. The minimum atomic E-state index is -4.56. The average molecular weight is 498 g/mol. The second-order valence-electron chi connectivity index (χ2n) is 7.69. The Kier molecular flexibility index (Phi) is 6.00. The first-order chi connectivity index (χ1) is 15.5. The molecule has 1 aliphatic heterocycles. The molecule has 0 fully saturated rings. The van der Waals surface area contributed by atoms with Crippen LogP contribution >= 0.6 is 11.3 Å². The number of sulfonamides is 1. The minimum Gasteiger partial charge on any atom is -0.307 e. The van der Waals surface area contributed by atoms with Gasteiger partial charge in [-0.1, -0.05) is 13.8 Å². The molecule has 0 atom stereocenters. The lowest BCUT2D eigenvalue weighted by Crippen LogP contribution is -2.30. The van der Waals surface area contributed by atoms with E-state index < -0.39 is 21.9 Å². The lowest BCUT2D eigenvalue weighted by molar-refractivity contribution is -0.140. The van der Waals surface area contributed by atoms with Crippen LogP contribution in [0.5, 0.6) is 0 Å². The first-order valence-electron chi connectivity index (χ1n) is 10.4. The summed E-state index contributed by atoms with van der Waals surface area (Å²) >= 11 is 0.936. The summed E-state index contributed by atoms with van der Waals surface area (Å²) in [6.07, 6.45) is -4.07. The van der Waals surface area contributed by atoms with Gasteiger partial charge >= 0.3 is 6.18 Å². The number of pyridine rings is 1. The third-order valence-corrected chi connectivity index (χ3v) is 9.06. The summed E-state index contributed by atoms with van der Waals surface area (Å²) in [5.74, 6) is -0.331. The zero-order valence-electron chi connectivity index (χ0n) is 18.2. The zero-order valence-corrected chi connectivity index (χ0v) is 19.9. The third kappa shape index (κ3) is 4.02. The number of hydrogen-bond donors (Lipinski definition) is 0. The number of amides is 1. The van der Waals surface area contributed by atoms with E-state index in [0.29, 0.717) is 47.6 Å². The maximum atomic E-state index is 13.3. The second kappa shape index (κ2) is 8.37. The Morgan fingerprint density at radius 1 is 1.18 bits per heavy atom. The number of rotatable bonds is 5. The van der Waals surface area contributed by atoms with Gasteiger partial charge in [0.2, 0.25) is 10.0 Å². The molecule has 4 rings (SSSR count). The molecule has 0 spiro atoms. The first-order valence-corrected chi connectivity index (χ1v) is 12.7. The molecule has 0 saturated carbocycles. The Bertz CT molecular complexity index is 1350. The van der Waals surface area contributed by atoms with E-state index in [-0.39, 0.29) is 15.6 Å². The molecule has 11 heteroatoms. The van der Waals surface area contributed by atoms with Crippen molar-refractivity contribution < 1.29 is 26.4 Å². The van der Waals surface area contributed by atoms with Gasteiger partial charge in [0, 0.05) is 30.7 Å². The molecular weight excluding hydrogens is 475 g/mol. The predicted molar refractivity (Wildman–Crippen MR) is 121 cm³/mol. The number of carbonyl (C=O) groups is 1. The van der Waals surface area contributed by atoms with Crippen LogP contribution in [0.2, 0.25) is 0 Å². The number of aryl methyl sites for hydroxylation is 1. The molecule has 176 valence electrons. The normalized spacial score (nSPS) is 14.3. The molecule has 6 nitrogen and oxygen atoms in total. The van der Waals surface area contributed by atoms with Crippen LogP contribution in [0, 0.1) is 6.92 Å². The van der Waals surface area contributed by atoms with E-state index in [2.05, 4.69) is 4.98 Å². The molecule has 1 amide bonds. The number of hydrogen-bond acceptors (Lipinski definition) is 5. The molecule has 3 aromatic rings. The Balaban J connectivity index is 1.68. The lowest BCUT2D eigenvalue weighted by atomic mass is 10.1. The summed E-state index contributed by atoms with van der Waals surface area (Å²) in [7, 11) is -3.62. The van der Waals surface area contributed by atoms with Gasteiger partial charge in [-0.15, -0.1) is 11.3 Å². The van der Waals surface area contributed by atoms with Crippen LogP contribution in [0.15, 0.2) is 35.2 Å². The highest BCUT2D eigenvalue weighted by Gasteiger charge is 2.34. The Morgan fingerprint density at radius 3 is 2.52 bits per heavy atom. The van der Waals surface area contributed by atoms with Gasteiger partial charge in [0.05, 0.1) is 9.77 Å². The van der Waals surface area contributed by atoms with Crippen molar-refractivity contribution in [3.8, 4) is 0 Å². The molecule has 1 aliphatic rings. The molecule has 0 unspecified atom stereocenters. The molecule has 0 N–H and O–H groups in total. The smallest absolute Gasteiger partial charge is 0.307 e. The largest absolute Gasteiger partial charge is 0.433 e. The van der Waals surface area contributed by atoms with Crippen molar-refractivity contribution >= 4 is 43.2 Å². The van der Waals surface area contributed by atoms with Crippen LogP contribution in [0.3, 0.4) is 0 Å². The van der Waals surface area contributed by atoms with Gasteiger partial charge in [0.1, 0.15) is 10.5 Å².